The maximum absolute atomic E-state index is 12.7. The number of amides is 1. The lowest BCUT2D eigenvalue weighted by Crippen LogP contribution is -2.27. The predicted molar refractivity (Wildman–Crippen MR) is 109 cm³/mol. The van der Waals surface area contributed by atoms with Gasteiger partial charge in [-0.05, 0) is 44.0 Å². The van der Waals surface area contributed by atoms with E-state index in [1.165, 1.54) is 0 Å². The van der Waals surface area contributed by atoms with Gasteiger partial charge in [0.25, 0.3) is 5.91 Å². The Morgan fingerprint density at radius 3 is 2.52 bits per heavy atom. The number of nitrogens with one attached hydrogen (secondary N) is 2. The lowest BCUT2D eigenvalue weighted by Gasteiger charge is -2.15. The van der Waals surface area contributed by atoms with Crippen molar-refractivity contribution in [3.05, 3.63) is 82.3 Å². The van der Waals surface area contributed by atoms with Crippen molar-refractivity contribution >= 4 is 29.0 Å². The van der Waals surface area contributed by atoms with E-state index in [-0.39, 0.29) is 11.9 Å². The van der Waals surface area contributed by atoms with Gasteiger partial charge in [0.1, 0.15) is 17.3 Å². The van der Waals surface area contributed by atoms with Gasteiger partial charge < -0.3 is 10.6 Å². The minimum Gasteiger partial charge on any atom is -0.344 e. The first-order valence-electron chi connectivity index (χ1n) is 8.67. The second-order valence-corrected chi connectivity index (χ2v) is 6.81. The van der Waals surface area contributed by atoms with Crippen molar-refractivity contribution in [3.8, 4) is 0 Å². The van der Waals surface area contributed by atoms with E-state index in [0.717, 1.165) is 16.8 Å². The minimum atomic E-state index is -0.247. The molecule has 0 saturated heterocycles. The fourth-order valence-electron chi connectivity index (χ4n) is 2.71. The highest BCUT2D eigenvalue weighted by molar-refractivity contribution is 6.30. The van der Waals surface area contributed by atoms with Crippen LogP contribution in [-0.4, -0.2) is 15.9 Å². The summed E-state index contributed by atoms with van der Waals surface area (Å²) < 4.78 is 0. The van der Waals surface area contributed by atoms with Gasteiger partial charge in [0.2, 0.25) is 0 Å². The van der Waals surface area contributed by atoms with Crippen LogP contribution in [0.4, 0.5) is 11.5 Å². The highest BCUT2D eigenvalue weighted by Gasteiger charge is 2.15. The van der Waals surface area contributed by atoms with Crippen molar-refractivity contribution in [2.24, 2.45) is 0 Å². The number of hydrogen-bond acceptors (Lipinski definition) is 4. The Kier molecular flexibility index (Phi) is 5.72. The zero-order chi connectivity index (χ0) is 19.4. The molecule has 1 unspecified atom stereocenters. The molecule has 2 N–H and O–H groups in total. The molecule has 1 aromatic heterocycles. The number of halogens is 1. The van der Waals surface area contributed by atoms with Crippen molar-refractivity contribution in [2.45, 2.75) is 26.8 Å². The number of aromatic nitrogens is 2. The average molecular weight is 381 g/mol. The summed E-state index contributed by atoms with van der Waals surface area (Å²) in [6.07, 6.45) is 0. The fourth-order valence-corrected chi connectivity index (χ4v) is 2.88. The van der Waals surface area contributed by atoms with Crippen LogP contribution in [0, 0.1) is 13.8 Å². The molecule has 0 saturated carbocycles. The number of aryl methyl sites for hydroxylation is 2. The van der Waals surface area contributed by atoms with Crippen LogP contribution in [0.5, 0.6) is 0 Å². The third-order valence-electron chi connectivity index (χ3n) is 4.18. The Hall–Kier alpha value is -2.92. The Balaban J connectivity index is 1.80. The fraction of sp³-hybridized carbons (Fsp3) is 0.190. The Bertz CT molecular complexity index is 960. The van der Waals surface area contributed by atoms with Gasteiger partial charge in [0.05, 0.1) is 6.04 Å². The monoisotopic (exact) mass is 380 g/mol. The molecule has 0 bridgehead atoms. The molecule has 138 valence electrons. The number of anilines is 2. The van der Waals surface area contributed by atoms with Crippen LogP contribution in [0.15, 0.2) is 54.6 Å². The first kappa shape index (κ1) is 18.9. The van der Waals surface area contributed by atoms with E-state index in [9.17, 15) is 4.79 Å². The van der Waals surface area contributed by atoms with E-state index in [4.69, 9.17) is 11.6 Å². The highest BCUT2D eigenvalue weighted by atomic mass is 35.5. The summed E-state index contributed by atoms with van der Waals surface area (Å²) >= 11 is 6.07. The van der Waals surface area contributed by atoms with Gasteiger partial charge in [-0.15, -0.1) is 0 Å². The molecule has 0 aliphatic rings. The van der Waals surface area contributed by atoms with Crippen LogP contribution in [0.1, 0.15) is 40.4 Å². The smallest absolute Gasteiger partial charge is 0.270 e. The van der Waals surface area contributed by atoms with Crippen LogP contribution in [0.25, 0.3) is 0 Å². The molecule has 2 aromatic carbocycles. The Labute approximate surface area is 163 Å². The summed E-state index contributed by atoms with van der Waals surface area (Å²) in [6, 6.07) is 16.9. The van der Waals surface area contributed by atoms with Gasteiger partial charge in [0.15, 0.2) is 0 Å². The standard InChI is InChI=1S/C21H21ClN4O/c1-13-9-10-17(22)11-18(13)26-20-12-19(24-15(3)25-20)21(27)23-14(2)16-7-5-4-6-8-16/h4-12,14H,1-3H3,(H,23,27)(H,24,25,26). The lowest BCUT2D eigenvalue weighted by molar-refractivity contribution is 0.0934. The normalized spacial score (nSPS) is 11.7. The van der Waals surface area contributed by atoms with Gasteiger partial charge in [-0.2, -0.15) is 0 Å². The average Bonchev–Trinajstić information content (AvgIpc) is 2.65. The van der Waals surface area contributed by atoms with E-state index in [1.807, 2.05) is 62.4 Å². The van der Waals surface area contributed by atoms with E-state index in [1.54, 1.807) is 13.0 Å². The third kappa shape index (κ3) is 4.83. The van der Waals surface area contributed by atoms with Crippen LogP contribution < -0.4 is 10.6 Å². The molecule has 5 nitrogen and oxygen atoms in total. The number of carbonyl (C=O) groups excluding carboxylic acids is 1. The van der Waals surface area contributed by atoms with E-state index < -0.39 is 0 Å². The van der Waals surface area contributed by atoms with Gasteiger partial charge in [0, 0.05) is 16.8 Å². The Morgan fingerprint density at radius 2 is 1.78 bits per heavy atom. The number of rotatable bonds is 5. The molecule has 0 radical (unpaired) electrons. The summed E-state index contributed by atoms with van der Waals surface area (Å²) in [7, 11) is 0. The Morgan fingerprint density at radius 1 is 1.04 bits per heavy atom. The second kappa shape index (κ2) is 8.18. The maximum Gasteiger partial charge on any atom is 0.270 e. The summed E-state index contributed by atoms with van der Waals surface area (Å²) in [5, 5.41) is 6.82. The largest absolute Gasteiger partial charge is 0.344 e. The summed E-state index contributed by atoms with van der Waals surface area (Å²) in [6.45, 7) is 5.67. The molecule has 1 amide bonds. The van der Waals surface area contributed by atoms with Crippen LogP contribution in [0.3, 0.4) is 0 Å². The second-order valence-electron chi connectivity index (χ2n) is 6.38. The number of carbonyl (C=O) groups is 1. The lowest BCUT2D eigenvalue weighted by atomic mass is 10.1. The number of nitrogens with zero attached hydrogens (tertiary/aromatic N) is 2. The summed E-state index contributed by atoms with van der Waals surface area (Å²) in [5.74, 6) is 0.810. The van der Waals surface area contributed by atoms with Gasteiger partial charge in [-0.3, -0.25) is 4.79 Å². The van der Waals surface area contributed by atoms with Crippen molar-refractivity contribution in [2.75, 3.05) is 5.32 Å². The van der Waals surface area contributed by atoms with Crippen LogP contribution in [0.2, 0.25) is 5.02 Å². The zero-order valence-electron chi connectivity index (χ0n) is 15.5. The SMILES string of the molecule is Cc1nc(Nc2cc(Cl)ccc2C)cc(C(=O)NC(C)c2ccccc2)n1. The predicted octanol–water partition coefficient (Wildman–Crippen LogP) is 4.98. The first-order valence-corrected chi connectivity index (χ1v) is 9.05. The molecular formula is C21H21ClN4O. The minimum absolute atomic E-state index is 0.124. The summed E-state index contributed by atoms with van der Waals surface area (Å²) in [5.41, 5.74) is 3.21. The van der Waals surface area contributed by atoms with Crippen LogP contribution in [-0.2, 0) is 0 Å². The molecule has 0 fully saturated rings. The highest BCUT2D eigenvalue weighted by Crippen LogP contribution is 2.23. The molecule has 6 heteroatoms. The van der Waals surface area contributed by atoms with Crippen molar-refractivity contribution < 1.29 is 4.79 Å². The summed E-state index contributed by atoms with van der Waals surface area (Å²) in [4.78, 5) is 21.3. The van der Waals surface area contributed by atoms with Gasteiger partial charge in [-0.25, -0.2) is 9.97 Å². The zero-order valence-corrected chi connectivity index (χ0v) is 16.2. The number of benzene rings is 2. The molecule has 0 spiro atoms. The quantitative estimate of drug-likeness (QED) is 0.655. The van der Waals surface area contributed by atoms with Gasteiger partial charge in [-0.1, -0.05) is 48.0 Å². The molecule has 3 aromatic rings. The van der Waals surface area contributed by atoms with E-state index in [0.29, 0.717) is 22.4 Å². The topological polar surface area (TPSA) is 66.9 Å². The molecule has 3 rings (SSSR count). The van der Waals surface area contributed by atoms with Crippen molar-refractivity contribution in [1.29, 1.82) is 0 Å². The van der Waals surface area contributed by atoms with Crippen molar-refractivity contribution in [1.82, 2.24) is 15.3 Å². The maximum atomic E-state index is 12.7. The van der Waals surface area contributed by atoms with E-state index >= 15 is 0 Å². The molecule has 27 heavy (non-hydrogen) atoms. The molecular weight excluding hydrogens is 360 g/mol. The molecule has 1 atom stereocenters. The van der Waals surface area contributed by atoms with Crippen LogP contribution >= 0.6 is 11.6 Å². The first-order chi connectivity index (χ1) is 12.9. The van der Waals surface area contributed by atoms with Crippen molar-refractivity contribution in [3.63, 3.8) is 0 Å². The molecule has 0 aliphatic carbocycles. The molecule has 1 heterocycles. The number of hydrogen-bond donors (Lipinski definition) is 2. The van der Waals surface area contributed by atoms with Gasteiger partial charge >= 0.3 is 0 Å². The third-order valence-corrected chi connectivity index (χ3v) is 4.42. The molecule has 0 aliphatic heterocycles. The van der Waals surface area contributed by atoms with E-state index in [2.05, 4.69) is 20.6 Å².